The number of halogens is 6. The predicted octanol–water partition coefficient (Wildman–Crippen LogP) is 8.59. The van der Waals surface area contributed by atoms with E-state index in [2.05, 4.69) is 19.1 Å². The number of allylic oxidation sites excluding steroid dienone is 2. The minimum absolute atomic E-state index is 0.0805. The molecule has 2 aliphatic rings. The van der Waals surface area contributed by atoms with E-state index in [0.717, 1.165) is 44.6 Å². The molecule has 0 amide bonds. The second-order valence-corrected chi connectivity index (χ2v) is 9.00. The molecule has 1 saturated carbocycles. The highest BCUT2D eigenvalue weighted by molar-refractivity contribution is 5.68. The quantitative estimate of drug-likeness (QED) is 0.322. The average Bonchev–Trinajstić information content (AvgIpc) is 2.73. The molecule has 0 aromatic heterocycles. The first-order valence-electron chi connectivity index (χ1n) is 11.2. The predicted molar refractivity (Wildman–Crippen MR) is 113 cm³/mol. The third-order valence-corrected chi connectivity index (χ3v) is 6.97. The zero-order chi connectivity index (χ0) is 23.0. The second kappa shape index (κ2) is 8.95. The van der Waals surface area contributed by atoms with Crippen molar-refractivity contribution in [1.29, 1.82) is 0 Å². The topological polar surface area (TPSA) is 0 Å². The van der Waals surface area contributed by atoms with Crippen LogP contribution in [0, 0.1) is 29.3 Å². The fraction of sp³-hybridized carbons (Fsp3) is 0.462. The van der Waals surface area contributed by atoms with Gasteiger partial charge in [-0.2, -0.15) is 13.2 Å². The molecule has 0 aliphatic heterocycles. The summed E-state index contributed by atoms with van der Waals surface area (Å²) in [5, 5.41) is 0. The molecule has 6 heteroatoms. The Hall–Kier alpha value is -2.24. The number of hydrogen-bond donors (Lipinski definition) is 0. The van der Waals surface area contributed by atoms with Crippen molar-refractivity contribution in [2.45, 2.75) is 64.0 Å². The lowest BCUT2D eigenvalue weighted by Gasteiger charge is -2.40. The normalized spacial score (nSPS) is 23.3. The molecule has 2 aromatic rings. The third kappa shape index (κ3) is 4.33. The summed E-state index contributed by atoms with van der Waals surface area (Å²) >= 11 is 0. The van der Waals surface area contributed by atoms with Crippen LogP contribution in [0.2, 0.25) is 0 Å². The first-order valence-corrected chi connectivity index (χ1v) is 11.2. The molecule has 32 heavy (non-hydrogen) atoms. The van der Waals surface area contributed by atoms with Crippen LogP contribution in [0.25, 0.3) is 11.1 Å². The Morgan fingerprint density at radius 2 is 1.78 bits per heavy atom. The Bertz CT molecular complexity index is 1020. The molecule has 172 valence electrons. The van der Waals surface area contributed by atoms with Crippen molar-refractivity contribution in [2.75, 3.05) is 0 Å². The van der Waals surface area contributed by atoms with Crippen molar-refractivity contribution in [1.82, 2.24) is 0 Å². The minimum Gasteiger partial charge on any atom is -0.206 e. The van der Waals surface area contributed by atoms with Crippen LogP contribution in [-0.2, 0) is 12.6 Å². The summed E-state index contributed by atoms with van der Waals surface area (Å²) in [5.74, 6) is -2.24. The first kappa shape index (κ1) is 22.9. The van der Waals surface area contributed by atoms with Crippen LogP contribution in [0.3, 0.4) is 0 Å². The molecule has 0 radical (unpaired) electrons. The number of alkyl halides is 3. The number of rotatable bonds is 4. The maximum Gasteiger partial charge on any atom is 0.419 e. The average molecular weight is 452 g/mol. The summed E-state index contributed by atoms with van der Waals surface area (Å²) in [6.07, 6.45) is 5.85. The van der Waals surface area contributed by atoms with Gasteiger partial charge in [-0.05, 0) is 91.2 Å². The van der Waals surface area contributed by atoms with Crippen LogP contribution in [0.4, 0.5) is 26.3 Å². The summed E-state index contributed by atoms with van der Waals surface area (Å²) in [6, 6.07) is 3.36. The molecule has 1 fully saturated rings. The van der Waals surface area contributed by atoms with E-state index in [4.69, 9.17) is 0 Å². The van der Waals surface area contributed by atoms with Gasteiger partial charge in [-0.15, -0.1) is 0 Å². The van der Waals surface area contributed by atoms with E-state index in [0.29, 0.717) is 41.5 Å². The van der Waals surface area contributed by atoms with Crippen molar-refractivity contribution in [3.63, 3.8) is 0 Å². The van der Waals surface area contributed by atoms with E-state index >= 15 is 8.78 Å². The Balaban J connectivity index is 1.64. The van der Waals surface area contributed by atoms with Crippen molar-refractivity contribution in [2.24, 2.45) is 11.8 Å². The molecule has 2 aliphatic carbocycles. The van der Waals surface area contributed by atoms with Gasteiger partial charge in [0.15, 0.2) is 0 Å². The maximum absolute atomic E-state index is 15.4. The highest BCUT2D eigenvalue weighted by atomic mass is 19.4. The molecule has 0 N–H and O–H groups in total. The molecule has 0 bridgehead atoms. The zero-order valence-corrected chi connectivity index (χ0v) is 17.9. The first-order chi connectivity index (χ1) is 15.2. The van der Waals surface area contributed by atoms with Crippen molar-refractivity contribution < 1.29 is 26.3 Å². The largest absolute Gasteiger partial charge is 0.419 e. The van der Waals surface area contributed by atoms with Gasteiger partial charge < -0.3 is 0 Å². The van der Waals surface area contributed by atoms with Crippen molar-refractivity contribution >= 4 is 0 Å². The van der Waals surface area contributed by atoms with Gasteiger partial charge in [-0.3, -0.25) is 0 Å². The van der Waals surface area contributed by atoms with Crippen molar-refractivity contribution in [3.05, 3.63) is 70.6 Å². The smallest absolute Gasteiger partial charge is 0.206 e. The summed E-state index contributed by atoms with van der Waals surface area (Å²) in [4.78, 5) is 0. The molecule has 3 atom stereocenters. The van der Waals surface area contributed by atoms with Crippen LogP contribution < -0.4 is 0 Å². The van der Waals surface area contributed by atoms with Gasteiger partial charge in [0.1, 0.15) is 17.5 Å². The molecule has 0 nitrogen and oxygen atoms in total. The van der Waals surface area contributed by atoms with Crippen LogP contribution in [-0.4, -0.2) is 0 Å². The second-order valence-electron chi connectivity index (χ2n) is 9.00. The Kier molecular flexibility index (Phi) is 6.42. The van der Waals surface area contributed by atoms with Gasteiger partial charge in [0.2, 0.25) is 0 Å². The summed E-state index contributed by atoms with van der Waals surface area (Å²) in [6.45, 7) is 2.13. The Morgan fingerprint density at radius 3 is 2.47 bits per heavy atom. The number of benzene rings is 2. The zero-order valence-electron chi connectivity index (χ0n) is 17.9. The number of unbranched alkanes of at least 4 members (excludes halogenated alkanes) is 1. The standard InChI is InChI=1S/C26H26F6/c1-2-3-4-5-15-6-9-18-16(12-15)7-10-19-20(18)14-23(28)24(25(19)29)17-8-11-21(22(27)13-17)26(30,31)32/h4-5,8,11,13-16,18H,2-3,6-7,9-10,12H2,1H3/b5-4+. The molecular formula is C26H26F6. The van der Waals surface area contributed by atoms with Crippen LogP contribution in [0.5, 0.6) is 0 Å². The van der Waals surface area contributed by atoms with Crippen LogP contribution >= 0.6 is 0 Å². The van der Waals surface area contributed by atoms with Gasteiger partial charge >= 0.3 is 6.18 Å². The summed E-state index contributed by atoms with van der Waals surface area (Å²) in [7, 11) is 0. The fourth-order valence-electron chi connectivity index (χ4n) is 5.42. The third-order valence-electron chi connectivity index (χ3n) is 6.97. The Morgan fingerprint density at radius 1 is 1.00 bits per heavy atom. The SMILES string of the molecule is CCC/C=C/C1CCC2c3cc(F)c(-c4ccc(C(F)(F)F)c(F)c4)c(F)c3CCC2C1. The summed E-state index contributed by atoms with van der Waals surface area (Å²) in [5.41, 5.74) is -1.04. The summed E-state index contributed by atoms with van der Waals surface area (Å²) < 4.78 is 83.0. The van der Waals surface area contributed by atoms with Crippen LogP contribution in [0.15, 0.2) is 36.4 Å². The minimum atomic E-state index is -4.87. The number of hydrogen-bond acceptors (Lipinski definition) is 0. The monoisotopic (exact) mass is 452 g/mol. The lowest BCUT2D eigenvalue weighted by Crippen LogP contribution is -2.28. The van der Waals surface area contributed by atoms with Gasteiger partial charge in [-0.25, -0.2) is 13.2 Å². The van der Waals surface area contributed by atoms with Crippen molar-refractivity contribution in [3.8, 4) is 11.1 Å². The molecule has 0 saturated heterocycles. The van der Waals surface area contributed by atoms with Gasteiger partial charge in [0.25, 0.3) is 0 Å². The van der Waals surface area contributed by atoms with Gasteiger partial charge in [0.05, 0.1) is 11.1 Å². The molecule has 4 rings (SSSR count). The lowest BCUT2D eigenvalue weighted by atomic mass is 9.65. The van der Waals surface area contributed by atoms with Crippen LogP contribution in [0.1, 0.15) is 68.1 Å². The Labute approximate surface area is 184 Å². The fourth-order valence-corrected chi connectivity index (χ4v) is 5.42. The molecule has 0 spiro atoms. The van der Waals surface area contributed by atoms with E-state index in [1.807, 2.05) is 0 Å². The molecule has 0 heterocycles. The highest BCUT2D eigenvalue weighted by Gasteiger charge is 2.38. The van der Waals surface area contributed by atoms with E-state index in [-0.39, 0.29) is 11.5 Å². The van der Waals surface area contributed by atoms with E-state index in [1.165, 1.54) is 6.07 Å². The molecular weight excluding hydrogens is 426 g/mol. The molecule has 3 unspecified atom stereocenters. The molecule has 2 aromatic carbocycles. The number of fused-ring (bicyclic) bond motifs is 3. The van der Waals surface area contributed by atoms with Gasteiger partial charge in [-0.1, -0.05) is 31.6 Å². The van der Waals surface area contributed by atoms with E-state index < -0.39 is 34.8 Å². The lowest BCUT2D eigenvalue weighted by molar-refractivity contribution is -0.139. The van der Waals surface area contributed by atoms with E-state index in [1.54, 1.807) is 0 Å². The van der Waals surface area contributed by atoms with Gasteiger partial charge in [0, 0.05) is 0 Å². The maximum atomic E-state index is 15.4. The highest BCUT2D eigenvalue weighted by Crippen LogP contribution is 2.49. The van der Waals surface area contributed by atoms with E-state index in [9.17, 15) is 17.6 Å².